The first kappa shape index (κ1) is 18.7. The Labute approximate surface area is 158 Å². The largest absolute Gasteiger partial charge is 0.381 e. The highest BCUT2D eigenvalue weighted by atomic mass is 16.3. The summed E-state index contributed by atoms with van der Waals surface area (Å²) in [5.41, 5.74) is -1.08. The van der Waals surface area contributed by atoms with Crippen LogP contribution in [-0.4, -0.2) is 22.3 Å². The summed E-state index contributed by atoms with van der Waals surface area (Å²) in [4.78, 5) is 24.6. The predicted octanol–water partition coefficient (Wildman–Crippen LogP) is 4.55. The summed E-state index contributed by atoms with van der Waals surface area (Å²) in [5, 5.41) is 11.5. The number of fused-ring (bicyclic) bond motifs is 5. The van der Waals surface area contributed by atoms with Crippen LogP contribution in [0.25, 0.3) is 0 Å². The second-order valence-corrected chi connectivity index (χ2v) is 10.5. The summed E-state index contributed by atoms with van der Waals surface area (Å²) in [5.74, 6) is 3.24. The topological polar surface area (TPSA) is 54.4 Å². The lowest BCUT2D eigenvalue weighted by Gasteiger charge is -2.63. The normalized spacial score (nSPS) is 53.6. The van der Waals surface area contributed by atoms with Gasteiger partial charge in [-0.05, 0) is 86.9 Å². The molecule has 0 amide bonds. The molecule has 1 N–H and O–H groups in total. The molecule has 0 spiro atoms. The molecule has 0 bridgehead atoms. The van der Waals surface area contributed by atoms with Gasteiger partial charge in [-0.3, -0.25) is 9.59 Å². The van der Waals surface area contributed by atoms with Crippen LogP contribution in [0.4, 0.5) is 0 Å². The van der Waals surface area contributed by atoms with Crippen LogP contribution in [0.2, 0.25) is 0 Å². The molecule has 3 nitrogen and oxygen atoms in total. The van der Waals surface area contributed by atoms with Crippen molar-refractivity contribution in [3.8, 4) is 0 Å². The number of carbonyl (C=O) groups excluding carboxylic acids is 2. The molecular weight excluding hydrogens is 324 g/mol. The van der Waals surface area contributed by atoms with Crippen LogP contribution in [0.15, 0.2) is 0 Å². The summed E-state index contributed by atoms with van der Waals surface area (Å²) in [7, 11) is 0. The van der Waals surface area contributed by atoms with Crippen molar-refractivity contribution in [2.45, 2.75) is 91.1 Å². The van der Waals surface area contributed by atoms with E-state index in [1.165, 1.54) is 6.42 Å². The van der Waals surface area contributed by atoms with Gasteiger partial charge in [0, 0.05) is 18.3 Å². The minimum absolute atomic E-state index is 0.0179. The maximum Gasteiger partial charge on any atom is 0.161 e. The second kappa shape index (κ2) is 5.90. The van der Waals surface area contributed by atoms with Crippen molar-refractivity contribution in [2.75, 3.05) is 0 Å². The molecule has 0 heterocycles. The second-order valence-electron chi connectivity index (χ2n) is 10.5. The Morgan fingerprint density at radius 3 is 2.62 bits per heavy atom. The summed E-state index contributed by atoms with van der Waals surface area (Å²) >= 11 is 0. The van der Waals surface area contributed by atoms with Gasteiger partial charge in [0.05, 0.1) is 0 Å². The van der Waals surface area contributed by atoms with Gasteiger partial charge >= 0.3 is 0 Å². The zero-order valence-electron chi connectivity index (χ0n) is 17.0. The highest BCUT2D eigenvalue weighted by Crippen LogP contribution is 2.70. The van der Waals surface area contributed by atoms with E-state index >= 15 is 0 Å². The average molecular weight is 361 g/mol. The van der Waals surface area contributed by atoms with E-state index in [2.05, 4.69) is 20.8 Å². The first-order valence-corrected chi connectivity index (χ1v) is 10.9. The Balaban J connectivity index is 1.74. The van der Waals surface area contributed by atoms with Crippen molar-refractivity contribution in [3.63, 3.8) is 0 Å². The van der Waals surface area contributed by atoms with Crippen molar-refractivity contribution in [2.24, 2.45) is 40.4 Å². The molecule has 0 aromatic rings. The first-order valence-electron chi connectivity index (χ1n) is 10.9. The van der Waals surface area contributed by atoms with Crippen molar-refractivity contribution in [1.29, 1.82) is 0 Å². The van der Waals surface area contributed by atoms with Crippen LogP contribution in [0, 0.1) is 40.4 Å². The van der Waals surface area contributed by atoms with Crippen LogP contribution in [-0.2, 0) is 9.59 Å². The van der Waals surface area contributed by atoms with E-state index in [9.17, 15) is 14.7 Å². The van der Waals surface area contributed by atoms with Crippen LogP contribution < -0.4 is 0 Å². The zero-order chi connectivity index (χ0) is 18.9. The molecular formula is C23H36O3. The third-order valence-corrected chi connectivity index (χ3v) is 9.80. The van der Waals surface area contributed by atoms with E-state index in [0.717, 1.165) is 44.9 Å². The molecule has 4 fully saturated rings. The highest BCUT2D eigenvalue weighted by molar-refractivity contribution is 5.86. The van der Waals surface area contributed by atoms with Gasteiger partial charge in [0.15, 0.2) is 5.78 Å². The zero-order valence-corrected chi connectivity index (χ0v) is 17.0. The number of Topliss-reactive ketones (excluding diaryl/α,β-unsaturated/α-hetero) is 2. The number of ketones is 2. The fraction of sp³-hybridized carbons (Fsp3) is 0.913. The molecule has 8 unspecified atom stereocenters. The third-order valence-electron chi connectivity index (χ3n) is 9.80. The number of rotatable bonds is 2. The van der Waals surface area contributed by atoms with E-state index in [-0.39, 0.29) is 16.6 Å². The number of carbonyl (C=O) groups is 2. The molecule has 0 aromatic carbocycles. The summed E-state index contributed by atoms with van der Waals surface area (Å²) in [6, 6.07) is 0. The van der Waals surface area contributed by atoms with Gasteiger partial charge in [-0.2, -0.15) is 0 Å². The molecule has 4 saturated carbocycles. The van der Waals surface area contributed by atoms with E-state index < -0.39 is 5.60 Å². The lowest BCUT2D eigenvalue weighted by Crippen LogP contribution is -2.61. The molecule has 0 saturated heterocycles. The number of aliphatic hydroxyl groups is 1. The van der Waals surface area contributed by atoms with E-state index in [1.807, 2.05) is 0 Å². The number of hydrogen-bond acceptors (Lipinski definition) is 3. The number of hydrogen-bond donors (Lipinski definition) is 1. The molecule has 26 heavy (non-hydrogen) atoms. The van der Waals surface area contributed by atoms with E-state index in [4.69, 9.17) is 0 Å². The summed E-state index contributed by atoms with van der Waals surface area (Å²) in [6.07, 6.45) is 8.45. The summed E-state index contributed by atoms with van der Waals surface area (Å²) in [6.45, 7) is 8.62. The predicted molar refractivity (Wildman–Crippen MR) is 102 cm³/mol. The molecule has 0 aromatic heterocycles. The van der Waals surface area contributed by atoms with Gasteiger partial charge in [0.1, 0.15) is 11.4 Å². The van der Waals surface area contributed by atoms with Gasteiger partial charge in [-0.1, -0.05) is 20.8 Å². The molecule has 4 aliphatic carbocycles. The quantitative estimate of drug-likeness (QED) is 0.786. The molecule has 146 valence electrons. The van der Waals surface area contributed by atoms with Crippen LogP contribution >= 0.6 is 0 Å². The van der Waals surface area contributed by atoms with Crippen LogP contribution in [0.5, 0.6) is 0 Å². The maximum absolute atomic E-state index is 12.5. The Kier molecular flexibility index (Phi) is 4.23. The van der Waals surface area contributed by atoms with Gasteiger partial charge in [-0.25, -0.2) is 0 Å². The Morgan fingerprint density at radius 1 is 1.23 bits per heavy atom. The highest BCUT2D eigenvalue weighted by Gasteiger charge is 2.68. The fourth-order valence-corrected chi connectivity index (χ4v) is 8.75. The molecule has 0 aliphatic heterocycles. The molecule has 0 radical (unpaired) electrons. The lowest BCUT2D eigenvalue weighted by molar-refractivity contribution is -0.186. The Bertz CT molecular complexity index is 627. The van der Waals surface area contributed by atoms with Crippen molar-refractivity contribution >= 4 is 11.6 Å². The van der Waals surface area contributed by atoms with Gasteiger partial charge in [-0.15, -0.1) is 0 Å². The monoisotopic (exact) mass is 360 g/mol. The SMILES string of the molecule is CCC12CC(C)C3C(CCC4CC(=O)CCC43C)C1CCC2(O)C(C)=O. The van der Waals surface area contributed by atoms with E-state index in [0.29, 0.717) is 41.8 Å². The van der Waals surface area contributed by atoms with Crippen molar-refractivity contribution in [1.82, 2.24) is 0 Å². The standard InChI is InChI=1S/C23H36O3/c1-5-22-13-14(2)20-18(19(22)9-11-23(22,26)15(3)24)7-6-16-12-17(25)8-10-21(16,20)4/h14,16,18-20,26H,5-13H2,1-4H3. The van der Waals surface area contributed by atoms with Crippen LogP contribution in [0.3, 0.4) is 0 Å². The molecule has 4 aliphatic rings. The Hall–Kier alpha value is -0.700. The minimum Gasteiger partial charge on any atom is -0.381 e. The minimum atomic E-state index is -1.12. The Morgan fingerprint density at radius 2 is 1.96 bits per heavy atom. The first-order chi connectivity index (χ1) is 12.2. The molecule has 3 heteroatoms. The molecule has 4 rings (SSSR count). The van der Waals surface area contributed by atoms with Crippen LogP contribution in [0.1, 0.15) is 85.5 Å². The fourth-order valence-electron chi connectivity index (χ4n) is 8.75. The van der Waals surface area contributed by atoms with E-state index in [1.54, 1.807) is 6.92 Å². The maximum atomic E-state index is 12.5. The van der Waals surface area contributed by atoms with Gasteiger partial charge in [0.25, 0.3) is 0 Å². The molecule has 8 atom stereocenters. The lowest BCUT2D eigenvalue weighted by atomic mass is 9.41. The smallest absolute Gasteiger partial charge is 0.161 e. The average Bonchev–Trinajstić information content (AvgIpc) is 2.90. The van der Waals surface area contributed by atoms with Crippen molar-refractivity contribution in [3.05, 3.63) is 0 Å². The van der Waals surface area contributed by atoms with Gasteiger partial charge < -0.3 is 5.11 Å². The van der Waals surface area contributed by atoms with Gasteiger partial charge in [0.2, 0.25) is 0 Å². The summed E-state index contributed by atoms with van der Waals surface area (Å²) < 4.78 is 0. The third kappa shape index (κ3) is 2.16. The van der Waals surface area contributed by atoms with Crippen molar-refractivity contribution < 1.29 is 14.7 Å².